The lowest BCUT2D eigenvalue weighted by Crippen LogP contribution is -2.53. The van der Waals surface area contributed by atoms with Gasteiger partial charge >= 0.3 is 12.2 Å². The Morgan fingerprint density at radius 1 is 0.650 bits per heavy atom. The molecule has 0 bridgehead atoms. The lowest BCUT2D eigenvalue weighted by molar-refractivity contribution is -0.139. The molecule has 4 amide bonds. The van der Waals surface area contributed by atoms with Crippen molar-refractivity contribution in [2.75, 3.05) is 14.2 Å². The number of rotatable bonds is 12. The number of alkyl carbamates (subject to hydrolysis) is 2. The lowest BCUT2D eigenvalue weighted by atomic mass is 9.84. The molecular weight excluding hydrogens is 1000 g/mol. The summed E-state index contributed by atoms with van der Waals surface area (Å²) in [5.74, 6) is 2.79. The van der Waals surface area contributed by atoms with Crippen molar-refractivity contribution in [3.05, 3.63) is 119 Å². The van der Waals surface area contributed by atoms with Gasteiger partial charge < -0.3 is 39.9 Å². The number of carbonyl (C=O) groups is 4. The number of imidazole rings is 2. The van der Waals surface area contributed by atoms with Gasteiger partial charge in [0, 0.05) is 12.1 Å². The minimum Gasteiger partial charge on any atom is -0.453 e. The van der Waals surface area contributed by atoms with Crippen LogP contribution in [0.15, 0.2) is 96.4 Å². The highest BCUT2D eigenvalue weighted by Crippen LogP contribution is 2.48. The molecule has 3 aliphatic carbocycles. The van der Waals surface area contributed by atoms with Crippen molar-refractivity contribution < 1.29 is 28.7 Å². The molecule has 4 fully saturated rings. The van der Waals surface area contributed by atoms with Gasteiger partial charge in [0.1, 0.15) is 23.7 Å². The molecule has 14 nitrogen and oxygen atoms in total. The molecule has 4 N–H and O–H groups in total. The van der Waals surface area contributed by atoms with E-state index in [2.05, 4.69) is 121 Å². The van der Waals surface area contributed by atoms with Crippen LogP contribution in [-0.4, -0.2) is 92.1 Å². The highest BCUT2D eigenvalue weighted by atomic mass is 16.5. The second kappa shape index (κ2) is 25.8. The Hall–Kier alpha value is -6.70. The Kier molecular flexibility index (Phi) is 18.7. The van der Waals surface area contributed by atoms with E-state index in [-0.39, 0.29) is 47.8 Å². The van der Waals surface area contributed by atoms with Crippen LogP contribution in [-0.2, 0) is 19.1 Å². The average Bonchev–Trinajstić information content (AvgIpc) is 4.31. The van der Waals surface area contributed by atoms with E-state index in [9.17, 15) is 19.2 Å². The molecule has 0 spiro atoms. The summed E-state index contributed by atoms with van der Waals surface area (Å²) in [5, 5.41) is 5.66. The van der Waals surface area contributed by atoms with Gasteiger partial charge in [-0.2, -0.15) is 0 Å². The SMILES string of the molecule is C/C=C1\C=C(\c2ccc(-c3cnc([C@@H]4C[C@@H]5CCCC[C@@H]5N4C(=O)[C@@H](NC(=O)OC)C(C)C)[nH]3)cc2)[C@H](C)CC[C@@H](C)/C=C\C(=C(/C)c2ccc(-c3cnc([C@@H]4C[C@@H]5CCCC[C@@H]5N4C(=O)[C@@H](NC(=O)OC)C(C)C)[nH]3)cc2)CC1. The molecule has 2 aromatic heterocycles. The van der Waals surface area contributed by atoms with Crippen LogP contribution in [0.2, 0.25) is 0 Å². The Morgan fingerprint density at radius 2 is 1.12 bits per heavy atom. The topological polar surface area (TPSA) is 175 Å². The van der Waals surface area contributed by atoms with Crippen molar-refractivity contribution >= 4 is 35.1 Å². The molecule has 2 saturated heterocycles. The van der Waals surface area contributed by atoms with Crippen LogP contribution in [0.3, 0.4) is 0 Å². The fourth-order valence-electron chi connectivity index (χ4n) is 13.7. The highest BCUT2D eigenvalue weighted by molar-refractivity contribution is 5.88. The number of nitrogens with one attached hydrogen (secondary N) is 4. The molecule has 2 aliphatic heterocycles. The summed E-state index contributed by atoms with van der Waals surface area (Å²) in [4.78, 5) is 74.8. The molecule has 5 aliphatic rings. The Bertz CT molecular complexity index is 2950. The molecule has 0 radical (unpaired) electrons. The number of benzene rings is 2. The summed E-state index contributed by atoms with van der Waals surface area (Å²) in [6, 6.07) is 16.1. The van der Waals surface area contributed by atoms with Crippen LogP contribution in [0.1, 0.15) is 180 Å². The van der Waals surface area contributed by atoms with Crippen LogP contribution < -0.4 is 10.6 Å². The number of aromatic nitrogens is 4. The van der Waals surface area contributed by atoms with E-state index >= 15 is 0 Å². The van der Waals surface area contributed by atoms with Gasteiger partial charge in [0.05, 0.1) is 50.1 Å². The first-order valence-electron chi connectivity index (χ1n) is 30.0. The number of allylic oxidation sites excluding steroid dienone is 8. The van der Waals surface area contributed by atoms with E-state index in [0.29, 0.717) is 23.7 Å². The van der Waals surface area contributed by atoms with Crippen molar-refractivity contribution in [3.8, 4) is 22.5 Å². The van der Waals surface area contributed by atoms with E-state index in [1.807, 2.05) is 49.9 Å². The molecular formula is C66H88N8O6. The van der Waals surface area contributed by atoms with Crippen molar-refractivity contribution in [2.45, 2.75) is 182 Å². The molecule has 428 valence electrons. The van der Waals surface area contributed by atoms with Crippen LogP contribution in [0.25, 0.3) is 33.7 Å². The van der Waals surface area contributed by atoms with Gasteiger partial charge in [-0.25, -0.2) is 19.6 Å². The first-order valence-corrected chi connectivity index (χ1v) is 30.0. The number of methoxy groups -OCH3 is 2. The number of hydrogen-bond acceptors (Lipinski definition) is 8. The third-order valence-electron chi connectivity index (χ3n) is 18.5. The molecule has 4 heterocycles. The zero-order valence-electron chi connectivity index (χ0n) is 49.1. The first kappa shape index (κ1) is 58.0. The van der Waals surface area contributed by atoms with Gasteiger partial charge in [-0.15, -0.1) is 0 Å². The monoisotopic (exact) mass is 1090 g/mol. The van der Waals surface area contributed by atoms with Gasteiger partial charge in [0.2, 0.25) is 11.8 Å². The largest absolute Gasteiger partial charge is 0.453 e. The number of hydrogen-bond donors (Lipinski definition) is 4. The van der Waals surface area contributed by atoms with Crippen LogP contribution >= 0.6 is 0 Å². The maximum atomic E-state index is 14.4. The van der Waals surface area contributed by atoms with Crippen molar-refractivity contribution in [1.29, 1.82) is 0 Å². The average molecular weight is 1090 g/mol. The number of nitrogens with zero attached hydrogens (tertiary/aromatic N) is 4. The van der Waals surface area contributed by atoms with E-state index in [4.69, 9.17) is 19.4 Å². The number of fused-ring (bicyclic) bond motifs is 2. The van der Waals surface area contributed by atoms with Crippen molar-refractivity contribution in [1.82, 2.24) is 40.4 Å². The molecule has 80 heavy (non-hydrogen) atoms. The fourth-order valence-corrected chi connectivity index (χ4v) is 13.7. The van der Waals surface area contributed by atoms with Gasteiger partial charge in [0.15, 0.2) is 0 Å². The maximum Gasteiger partial charge on any atom is 0.407 e. The summed E-state index contributed by atoms with van der Waals surface area (Å²) in [5.41, 5.74) is 11.5. The normalized spacial score (nSPS) is 27.4. The quantitative estimate of drug-likeness (QED) is 0.108. The summed E-state index contributed by atoms with van der Waals surface area (Å²) < 4.78 is 9.84. The molecule has 10 atom stereocenters. The highest BCUT2D eigenvalue weighted by Gasteiger charge is 2.50. The zero-order chi connectivity index (χ0) is 56.8. The summed E-state index contributed by atoms with van der Waals surface area (Å²) in [7, 11) is 2.66. The minimum absolute atomic E-state index is 0.0672. The fraction of sp³-hybridized carbons (Fsp3) is 0.545. The molecule has 2 aromatic carbocycles. The standard InChI is InChI=1S/C66H88N8O6/c1-11-44-23-25-45(43(8)46-26-30-48(31-27-46)53-37-67-61(69-53)57-35-50-16-12-14-18-55(50)73(57)63(75)59(39(2)3)71-65(77)79-9)24-21-41(6)20-22-42(7)52(34-44)47-28-32-49(33-29-47)54-38-68-62(70-54)58-36-51-17-13-15-19-56(51)74(58)64(76)60(40(4)5)72-66(78)80-10/h11,21,24,26-34,37-42,50-51,55-60H,12-20,22-23,25,35-36H2,1-10H3,(H,67,69)(H,68,70)(H,71,77)(H,72,78)/b24-21-,44-11-,45-43-,52-34+/t41-,42-,50+,51+,55+,56+,57+,58+,59+,60+/m1/s1. The summed E-state index contributed by atoms with van der Waals surface area (Å²) in [6.07, 6.45) is 26.3. The summed E-state index contributed by atoms with van der Waals surface area (Å²) in [6.45, 7) is 16.9. The Balaban J connectivity index is 0.904. The molecule has 2 saturated carbocycles. The molecule has 4 aromatic rings. The smallest absolute Gasteiger partial charge is 0.407 e. The molecule has 0 unspecified atom stereocenters. The zero-order valence-corrected chi connectivity index (χ0v) is 49.1. The number of likely N-dealkylation sites (tertiary alicyclic amines) is 2. The number of H-pyrrole nitrogens is 2. The van der Waals surface area contributed by atoms with E-state index in [1.54, 1.807) is 0 Å². The Morgan fingerprint density at radius 3 is 1.60 bits per heavy atom. The van der Waals surface area contributed by atoms with E-state index < -0.39 is 24.3 Å². The van der Waals surface area contributed by atoms with Crippen LogP contribution in [0, 0.1) is 35.5 Å². The third kappa shape index (κ3) is 12.7. The van der Waals surface area contributed by atoms with E-state index in [1.165, 1.54) is 60.5 Å². The number of amides is 4. The van der Waals surface area contributed by atoms with Gasteiger partial charge in [-0.3, -0.25) is 9.59 Å². The predicted octanol–water partition coefficient (Wildman–Crippen LogP) is 14.1. The van der Waals surface area contributed by atoms with Crippen molar-refractivity contribution in [2.24, 2.45) is 35.5 Å². The summed E-state index contributed by atoms with van der Waals surface area (Å²) >= 11 is 0. The first-order chi connectivity index (χ1) is 38.6. The minimum atomic E-state index is -0.689. The van der Waals surface area contributed by atoms with Crippen LogP contribution in [0.5, 0.6) is 0 Å². The molecule has 9 rings (SSSR count). The Labute approximate surface area is 475 Å². The van der Waals surface area contributed by atoms with Gasteiger partial charge in [0.25, 0.3) is 0 Å². The maximum absolute atomic E-state index is 14.4. The third-order valence-corrected chi connectivity index (χ3v) is 18.5. The predicted molar refractivity (Wildman–Crippen MR) is 317 cm³/mol. The van der Waals surface area contributed by atoms with Crippen LogP contribution in [0.4, 0.5) is 9.59 Å². The van der Waals surface area contributed by atoms with Gasteiger partial charge in [-0.05, 0) is 153 Å². The number of carbonyl (C=O) groups excluding carboxylic acids is 4. The van der Waals surface area contributed by atoms with E-state index in [0.717, 1.165) is 111 Å². The number of aromatic amines is 2. The lowest BCUT2D eigenvalue weighted by Gasteiger charge is -2.36. The van der Waals surface area contributed by atoms with Gasteiger partial charge in [-0.1, -0.05) is 146 Å². The second-order valence-electron chi connectivity index (χ2n) is 24.4. The number of ether oxygens (including phenoxy) is 2. The van der Waals surface area contributed by atoms with Crippen molar-refractivity contribution in [3.63, 3.8) is 0 Å². The second-order valence-corrected chi connectivity index (χ2v) is 24.4. The molecule has 14 heteroatoms.